The predicted molar refractivity (Wildman–Crippen MR) is 375 cm³/mol. The van der Waals surface area contributed by atoms with Crippen LogP contribution in [-0.2, 0) is 0 Å². The van der Waals surface area contributed by atoms with Crippen molar-refractivity contribution in [1.82, 2.24) is 4.57 Å². The van der Waals surface area contributed by atoms with Gasteiger partial charge in [-0.3, -0.25) is 0 Å². The SMILES string of the molecule is c1ccc(-c2ccc(N3c4ccc(-c5ccccc5)cc4B4c5cc(-c6ccccc6)ccc5N(c5ccc(-c6ccccc6)cc5)c5cc(-n6c7ccc(-c8cc9ccccc9c9ccccc89)cc7c7c8ccccc8ccc76)cc3c54)cc2)cc1. The molecule has 1 aromatic heterocycles. The molecule has 0 atom stereocenters. The van der Waals surface area contributed by atoms with Crippen molar-refractivity contribution >= 4 is 111 Å². The molecule has 3 nitrogen and oxygen atoms in total. The normalized spacial score (nSPS) is 12.5. The molecule has 0 saturated carbocycles. The fourth-order valence-electron chi connectivity index (χ4n) is 14.7. The van der Waals surface area contributed by atoms with Gasteiger partial charge in [-0.1, -0.05) is 255 Å². The first-order valence-electron chi connectivity index (χ1n) is 30.5. The Labute approximate surface area is 511 Å². The second-order valence-electron chi connectivity index (χ2n) is 23.5. The summed E-state index contributed by atoms with van der Waals surface area (Å²) in [6.07, 6.45) is 0. The minimum atomic E-state index is -0.141. The van der Waals surface area contributed by atoms with Crippen LogP contribution in [0.2, 0.25) is 0 Å². The number of anilines is 6. The average molecular weight is 1120 g/mol. The first-order chi connectivity index (χ1) is 43.6. The Bertz CT molecular complexity index is 5230. The Balaban J connectivity index is 0.946. The molecule has 16 aromatic rings. The van der Waals surface area contributed by atoms with Gasteiger partial charge in [0, 0.05) is 44.9 Å². The molecule has 0 fully saturated rings. The summed E-state index contributed by atoms with van der Waals surface area (Å²) in [7, 11) is 0. The summed E-state index contributed by atoms with van der Waals surface area (Å²) in [4.78, 5) is 5.12. The highest BCUT2D eigenvalue weighted by molar-refractivity contribution is 7.00. The molecule has 15 aromatic carbocycles. The molecule has 3 heterocycles. The zero-order chi connectivity index (χ0) is 57.8. The zero-order valence-corrected chi connectivity index (χ0v) is 48.1. The Hall–Kier alpha value is -11.5. The molecule has 18 rings (SSSR count). The molecule has 2 aliphatic heterocycles. The lowest BCUT2D eigenvalue weighted by molar-refractivity contribution is 1.16. The van der Waals surface area contributed by atoms with Crippen LogP contribution in [0.25, 0.3) is 115 Å². The van der Waals surface area contributed by atoms with Crippen molar-refractivity contribution in [2.75, 3.05) is 9.80 Å². The highest BCUT2D eigenvalue weighted by atomic mass is 15.2. The molecule has 0 aliphatic carbocycles. The van der Waals surface area contributed by atoms with E-state index in [1.165, 1.54) is 115 Å². The summed E-state index contributed by atoms with van der Waals surface area (Å²) >= 11 is 0. The van der Waals surface area contributed by atoms with Gasteiger partial charge in [-0.2, -0.15) is 0 Å². The van der Waals surface area contributed by atoms with E-state index in [4.69, 9.17) is 0 Å². The largest absolute Gasteiger partial charge is 0.311 e. The summed E-state index contributed by atoms with van der Waals surface area (Å²) < 4.78 is 2.56. The first kappa shape index (κ1) is 49.9. The smallest absolute Gasteiger partial charge is 0.252 e. The quantitative estimate of drug-likeness (QED) is 0.111. The fourth-order valence-corrected chi connectivity index (χ4v) is 14.7. The van der Waals surface area contributed by atoms with Gasteiger partial charge in [0.15, 0.2) is 0 Å². The molecule has 0 amide bonds. The molecule has 88 heavy (non-hydrogen) atoms. The summed E-state index contributed by atoms with van der Waals surface area (Å²) in [6.45, 7) is -0.141. The molecule has 0 N–H and O–H groups in total. The molecular weight excluding hydrogens is 1060 g/mol. The first-order valence-corrected chi connectivity index (χ1v) is 30.5. The number of aromatic nitrogens is 1. The van der Waals surface area contributed by atoms with Gasteiger partial charge in [0.2, 0.25) is 0 Å². The van der Waals surface area contributed by atoms with Crippen molar-refractivity contribution in [3.8, 4) is 61.3 Å². The Kier molecular flexibility index (Phi) is 11.4. The van der Waals surface area contributed by atoms with E-state index in [0.717, 1.165) is 50.8 Å². The van der Waals surface area contributed by atoms with Crippen LogP contribution in [0.5, 0.6) is 0 Å². The van der Waals surface area contributed by atoms with Crippen LogP contribution in [0.15, 0.2) is 328 Å². The maximum absolute atomic E-state index is 2.56. The van der Waals surface area contributed by atoms with Gasteiger partial charge in [-0.25, -0.2) is 0 Å². The molecule has 0 saturated heterocycles. The summed E-state index contributed by atoms with van der Waals surface area (Å²) in [5.41, 5.74) is 25.9. The lowest BCUT2D eigenvalue weighted by atomic mass is 9.33. The number of fused-ring (bicyclic) bond motifs is 12. The van der Waals surface area contributed by atoms with Crippen LogP contribution in [0.3, 0.4) is 0 Å². The van der Waals surface area contributed by atoms with Crippen LogP contribution >= 0.6 is 0 Å². The van der Waals surface area contributed by atoms with E-state index in [9.17, 15) is 0 Å². The highest BCUT2D eigenvalue weighted by Crippen LogP contribution is 2.49. The average Bonchev–Trinajstić information content (AvgIpc) is 1.05. The molecule has 0 unspecified atom stereocenters. The van der Waals surface area contributed by atoms with Crippen molar-refractivity contribution in [2.24, 2.45) is 0 Å². The topological polar surface area (TPSA) is 11.4 Å². The van der Waals surface area contributed by atoms with Gasteiger partial charge in [0.1, 0.15) is 0 Å². The third kappa shape index (κ3) is 7.93. The minimum absolute atomic E-state index is 0.141. The number of rotatable bonds is 8. The third-order valence-corrected chi connectivity index (χ3v) is 18.7. The summed E-state index contributed by atoms with van der Waals surface area (Å²) in [5.74, 6) is 0. The molecule has 2 aliphatic rings. The molecule has 0 bridgehead atoms. The Morgan fingerprint density at radius 3 is 1.19 bits per heavy atom. The van der Waals surface area contributed by atoms with Crippen LogP contribution in [0.1, 0.15) is 0 Å². The van der Waals surface area contributed by atoms with Crippen molar-refractivity contribution in [3.05, 3.63) is 328 Å². The minimum Gasteiger partial charge on any atom is -0.311 e. The van der Waals surface area contributed by atoms with Gasteiger partial charge >= 0.3 is 0 Å². The van der Waals surface area contributed by atoms with E-state index in [1.807, 2.05) is 0 Å². The van der Waals surface area contributed by atoms with Crippen molar-refractivity contribution in [3.63, 3.8) is 0 Å². The van der Waals surface area contributed by atoms with E-state index < -0.39 is 0 Å². The summed E-state index contributed by atoms with van der Waals surface area (Å²) in [6, 6.07) is 122. The number of hydrogen-bond acceptors (Lipinski definition) is 2. The van der Waals surface area contributed by atoms with Gasteiger partial charge in [-0.15, -0.1) is 0 Å². The van der Waals surface area contributed by atoms with Crippen molar-refractivity contribution < 1.29 is 0 Å². The van der Waals surface area contributed by atoms with Gasteiger partial charge in [-0.05, 0) is 177 Å². The van der Waals surface area contributed by atoms with Gasteiger partial charge in [0.25, 0.3) is 6.71 Å². The molecule has 0 spiro atoms. The molecular formula is C84H54BN3. The second kappa shape index (κ2) is 20.1. The maximum Gasteiger partial charge on any atom is 0.252 e. The van der Waals surface area contributed by atoms with Crippen LogP contribution in [0, 0.1) is 0 Å². The van der Waals surface area contributed by atoms with Crippen molar-refractivity contribution in [2.45, 2.75) is 0 Å². The monoisotopic (exact) mass is 1120 g/mol. The molecule has 408 valence electrons. The van der Waals surface area contributed by atoms with E-state index in [-0.39, 0.29) is 6.71 Å². The number of hydrogen-bond donors (Lipinski definition) is 0. The van der Waals surface area contributed by atoms with E-state index >= 15 is 0 Å². The van der Waals surface area contributed by atoms with Crippen LogP contribution in [0.4, 0.5) is 34.1 Å². The second-order valence-corrected chi connectivity index (χ2v) is 23.5. The lowest BCUT2D eigenvalue weighted by Crippen LogP contribution is -2.61. The Morgan fingerprint density at radius 2 is 0.648 bits per heavy atom. The predicted octanol–water partition coefficient (Wildman–Crippen LogP) is 20.7. The fraction of sp³-hybridized carbons (Fsp3) is 0. The standard InChI is InChI=1S/C84H54BN3/c1-5-19-55(20-6-1)59-33-41-66(42-34-59)86-78-46-38-62(57-23-9-3-10-24-57)51-75(78)85-76-52-63(58-25-11-4-12-26-58)39-47-79(76)87(67-43-35-60(36-44-67)56-21-7-2-8-22-56)82-54-68(53-81(86)84(82)85)88-77-45-40-65(50-74(77)83-70-30-16-13-27-61(70)37-48-80(83)88)73-49-64-28-14-15-29-69(64)71-31-17-18-32-72(71)73/h1-54H. The third-order valence-electron chi connectivity index (χ3n) is 18.7. The Morgan fingerprint density at radius 1 is 0.227 bits per heavy atom. The highest BCUT2D eigenvalue weighted by Gasteiger charge is 2.44. The van der Waals surface area contributed by atoms with E-state index in [0.29, 0.717) is 0 Å². The van der Waals surface area contributed by atoms with Gasteiger partial charge < -0.3 is 14.4 Å². The maximum atomic E-state index is 2.56. The van der Waals surface area contributed by atoms with E-state index in [2.05, 4.69) is 342 Å². The van der Waals surface area contributed by atoms with Crippen molar-refractivity contribution in [1.29, 1.82) is 0 Å². The van der Waals surface area contributed by atoms with Crippen LogP contribution in [-0.4, -0.2) is 11.3 Å². The van der Waals surface area contributed by atoms with Gasteiger partial charge in [0.05, 0.1) is 16.7 Å². The van der Waals surface area contributed by atoms with E-state index in [1.54, 1.807) is 0 Å². The summed E-state index contributed by atoms with van der Waals surface area (Å²) in [5, 5.41) is 9.92. The number of nitrogens with zero attached hydrogens (tertiary/aromatic N) is 3. The zero-order valence-electron chi connectivity index (χ0n) is 48.1. The lowest BCUT2D eigenvalue weighted by Gasteiger charge is -2.44. The molecule has 4 heteroatoms. The van der Waals surface area contributed by atoms with Crippen LogP contribution < -0.4 is 26.2 Å². The molecule has 0 radical (unpaired) electrons. The number of benzene rings is 15.